The fourth-order valence-electron chi connectivity index (χ4n) is 4.56. The number of pyridine rings is 1. The van der Waals surface area contributed by atoms with Crippen molar-refractivity contribution in [2.45, 2.75) is 17.7 Å². The fraction of sp³-hybridized carbons (Fsp3) is 0.115. The Bertz CT molecular complexity index is 1700. The van der Waals surface area contributed by atoms with Crippen LogP contribution in [0.2, 0.25) is 0 Å². The second kappa shape index (κ2) is 8.48. The quantitative estimate of drug-likeness (QED) is 0.371. The number of Topliss-reactive ketones (excluding diaryl/α,β-unsaturated/α-hetero) is 1. The molecule has 0 unspecified atom stereocenters. The predicted octanol–water partition coefficient (Wildman–Crippen LogP) is 5.01. The minimum Gasteiger partial charge on any atom is -0.299 e. The number of benzene rings is 2. The Labute approximate surface area is 208 Å². The van der Waals surface area contributed by atoms with Gasteiger partial charge in [0.25, 0.3) is 0 Å². The maximum absolute atomic E-state index is 12.0. The van der Waals surface area contributed by atoms with E-state index in [-0.39, 0.29) is 23.1 Å². The number of imidazole rings is 1. The smallest absolute Gasteiger partial charge is 0.175 e. The first kappa shape index (κ1) is 23.0. The molecule has 0 saturated heterocycles. The molecule has 3 aromatic heterocycles. The second-order valence-corrected chi connectivity index (χ2v) is 10.6. The summed E-state index contributed by atoms with van der Waals surface area (Å²) in [5, 5.41) is 7.28. The lowest BCUT2D eigenvalue weighted by atomic mass is 10.0. The number of sulfone groups is 1. The number of halogens is 1. The minimum atomic E-state index is -3.26. The lowest BCUT2D eigenvalue weighted by Crippen LogP contribution is -1.96. The van der Waals surface area contributed by atoms with Crippen molar-refractivity contribution in [1.29, 1.82) is 0 Å². The summed E-state index contributed by atoms with van der Waals surface area (Å²) < 4.78 is 25.6. The van der Waals surface area contributed by atoms with E-state index >= 15 is 0 Å². The number of ketones is 1. The highest BCUT2D eigenvalue weighted by Gasteiger charge is 2.20. The Morgan fingerprint density at radius 3 is 2.40 bits per heavy atom. The first-order chi connectivity index (χ1) is 16.4. The third-order valence-electron chi connectivity index (χ3n) is 6.35. The zero-order valence-electron chi connectivity index (χ0n) is 18.7. The van der Waals surface area contributed by atoms with E-state index in [0.29, 0.717) is 6.42 Å². The van der Waals surface area contributed by atoms with Gasteiger partial charge in [-0.15, -0.1) is 12.4 Å². The molecule has 1 N–H and O–H groups in total. The van der Waals surface area contributed by atoms with Crippen LogP contribution >= 0.6 is 12.4 Å². The van der Waals surface area contributed by atoms with Gasteiger partial charge in [-0.05, 0) is 42.3 Å². The van der Waals surface area contributed by atoms with Crippen LogP contribution in [0.15, 0.2) is 78.1 Å². The van der Waals surface area contributed by atoms with Gasteiger partial charge in [0.05, 0.1) is 28.7 Å². The predicted molar refractivity (Wildman–Crippen MR) is 137 cm³/mol. The van der Waals surface area contributed by atoms with Gasteiger partial charge in [0.1, 0.15) is 5.65 Å². The summed E-state index contributed by atoms with van der Waals surface area (Å²) in [5.41, 5.74) is 8.17. The molecule has 7 nitrogen and oxygen atoms in total. The van der Waals surface area contributed by atoms with Crippen LogP contribution in [-0.2, 0) is 16.3 Å². The zero-order valence-corrected chi connectivity index (χ0v) is 20.4. The SMILES string of the molecule is CS(=O)(=O)c1ccc(-c2[nH]ncc2-c2ccc3ncc(-c4ccc5c(c4)CCC5=O)n3c2)cc1.Cl. The maximum atomic E-state index is 12.0. The van der Waals surface area contributed by atoms with Crippen LogP contribution in [0.5, 0.6) is 0 Å². The summed E-state index contributed by atoms with van der Waals surface area (Å²) in [6, 6.07) is 16.7. The minimum absolute atomic E-state index is 0. The average molecular weight is 505 g/mol. The second-order valence-electron chi connectivity index (χ2n) is 8.54. The molecule has 0 bridgehead atoms. The number of carbonyl (C=O) groups is 1. The van der Waals surface area contributed by atoms with Gasteiger partial charge in [0.15, 0.2) is 15.6 Å². The number of carbonyl (C=O) groups excluding carboxylic acids is 1. The third-order valence-corrected chi connectivity index (χ3v) is 7.48. The molecule has 0 fully saturated rings. The maximum Gasteiger partial charge on any atom is 0.175 e. The van der Waals surface area contributed by atoms with Crippen molar-refractivity contribution in [3.8, 4) is 33.6 Å². The van der Waals surface area contributed by atoms with E-state index in [4.69, 9.17) is 0 Å². The first-order valence-electron chi connectivity index (χ1n) is 10.9. The van der Waals surface area contributed by atoms with Crippen LogP contribution in [0.25, 0.3) is 39.3 Å². The van der Waals surface area contributed by atoms with Crippen LogP contribution in [0.3, 0.4) is 0 Å². The average Bonchev–Trinajstić information content (AvgIpc) is 3.56. The number of hydrogen-bond donors (Lipinski definition) is 1. The first-order valence-corrected chi connectivity index (χ1v) is 12.8. The summed E-state index contributed by atoms with van der Waals surface area (Å²) in [6.45, 7) is 0. The topological polar surface area (TPSA) is 97.2 Å². The van der Waals surface area contributed by atoms with E-state index in [0.717, 1.165) is 56.8 Å². The number of nitrogens with one attached hydrogen (secondary N) is 1. The molecule has 3 heterocycles. The molecule has 6 rings (SSSR count). The summed E-state index contributed by atoms with van der Waals surface area (Å²) in [4.78, 5) is 16.8. The summed E-state index contributed by atoms with van der Waals surface area (Å²) in [5.74, 6) is 0.207. The van der Waals surface area contributed by atoms with E-state index < -0.39 is 9.84 Å². The van der Waals surface area contributed by atoms with E-state index in [9.17, 15) is 13.2 Å². The molecule has 0 radical (unpaired) electrons. The van der Waals surface area contributed by atoms with Gasteiger partial charge in [0.2, 0.25) is 0 Å². The molecule has 1 aliphatic rings. The van der Waals surface area contributed by atoms with E-state index in [1.807, 2.05) is 41.1 Å². The molecule has 9 heteroatoms. The number of aromatic nitrogens is 4. The normalized spacial score (nSPS) is 13.1. The molecule has 0 saturated carbocycles. The highest BCUT2D eigenvalue weighted by molar-refractivity contribution is 7.90. The summed E-state index contributed by atoms with van der Waals surface area (Å²) in [7, 11) is -3.26. The van der Waals surface area contributed by atoms with E-state index in [1.165, 1.54) is 6.26 Å². The van der Waals surface area contributed by atoms with Crippen LogP contribution < -0.4 is 0 Å². The molecular weight excluding hydrogens is 484 g/mol. The number of fused-ring (bicyclic) bond motifs is 2. The van der Waals surface area contributed by atoms with Gasteiger partial charge < -0.3 is 0 Å². The third kappa shape index (κ3) is 3.94. The Morgan fingerprint density at radius 2 is 1.63 bits per heavy atom. The van der Waals surface area contributed by atoms with Gasteiger partial charge in [-0.25, -0.2) is 13.4 Å². The highest BCUT2D eigenvalue weighted by Crippen LogP contribution is 2.33. The molecular formula is C26H21ClN4O3S. The van der Waals surface area contributed by atoms with Gasteiger partial charge in [-0.1, -0.05) is 24.3 Å². The number of H-pyrrole nitrogens is 1. The standard InChI is InChI=1S/C26H20N4O3S.ClH/c1-34(32,33)20-7-2-16(3-8-20)26-22(13-28-29-26)19-6-11-25-27-14-23(30(25)15-19)18-4-9-21-17(12-18)5-10-24(21)31;/h2-4,6-9,11-15H,5,10H2,1H3,(H,28,29);1H. The van der Waals surface area contributed by atoms with Crippen LogP contribution in [-0.4, -0.2) is 40.0 Å². The Morgan fingerprint density at radius 1 is 0.886 bits per heavy atom. The molecule has 0 amide bonds. The molecule has 5 aromatic rings. The molecule has 176 valence electrons. The van der Waals surface area contributed by atoms with Crippen molar-refractivity contribution in [1.82, 2.24) is 19.6 Å². The molecule has 35 heavy (non-hydrogen) atoms. The summed E-state index contributed by atoms with van der Waals surface area (Å²) in [6.07, 6.45) is 8.18. The molecule has 1 aliphatic carbocycles. The fourth-order valence-corrected chi connectivity index (χ4v) is 5.19. The van der Waals surface area contributed by atoms with Crippen LogP contribution in [0, 0.1) is 0 Å². The number of hydrogen-bond acceptors (Lipinski definition) is 5. The van der Waals surface area contributed by atoms with Gasteiger partial charge in [0, 0.05) is 46.7 Å². The molecule has 0 aliphatic heterocycles. The van der Waals surface area contributed by atoms with Crippen molar-refractivity contribution < 1.29 is 13.2 Å². The lowest BCUT2D eigenvalue weighted by Gasteiger charge is -2.08. The van der Waals surface area contributed by atoms with Gasteiger partial charge in [-0.2, -0.15) is 5.10 Å². The summed E-state index contributed by atoms with van der Waals surface area (Å²) >= 11 is 0. The number of aromatic amines is 1. The van der Waals surface area contributed by atoms with Crippen LogP contribution in [0.4, 0.5) is 0 Å². The number of rotatable bonds is 4. The van der Waals surface area contributed by atoms with Crippen molar-refractivity contribution in [2.75, 3.05) is 6.26 Å². The Kier molecular flexibility index (Phi) is 5.57. The molecule has 2 aromatic carbocycles. The Balaban J connectivity index is 0.00000253. The number of aryl methyl sites for hydroxylation is 1. The lowest BCUT2D eigenvalue weighted by molar-refractivity contribution is 0.0994. The Hall–Kier alpha value is -3.75. The van der Waals surface area contributed by atoms with E-state index in [1.54, 1.807) is 30.5 Å². The number of nitrogens with zero attached hydrogens (tertiary/aromatic N) is 3. The van der Waals surface area contributed by atoms with Gasteiger partial charge in [-0.3, -0.25) is 14.3 Å². The molecule has 0 spiro atoms. The molecule has 0 atom stereocenters. The van der Waals surface area contributed by atoms with Crippen LogP contribution in [0.1, 0.15) is 22.3 Å². The van der Waals surface area contributed by atoms with Crippen molar-refractivity contribution in [2.24, 2.45) is 0 Å². The van der Waals surface area contributed by atoms with Crippen molar-refractivity contribution in [3.63, 3.8) is 0 Å². The van der Waals surface area contributed by atoms with E-state index in [2.05, 4.69) is 21.2 Å². The van der Waals surface area contributed by atoms with Crippen molar-refractivity contribution >= 4 is 33.7 Å². The van der Waals surface area contributed by atoms with Gasteiger partial charge >= 0.3 is 0 Å². The zero-order chi connectivity index (χ0) is 23.4. The monoisotopic (exact) mass is 504 g/mol. The van der Waals surface area contributed by atoms with Crippen molar-refractivity contribution in [3.05, 3.63) is 84.3 Å². The highest BCUT2D eigenvalue weighted by atomic mass is 35.5. The largest absolute Gasteiger partial charge is 0.299 e.